The van der Waals surface area contributed by atoms with Gasteiger partial charge < -0.3 is 9.42 Å². The molecular formula is C9H12N2O2. The van der Waals surface area contributed by atoms with Gasteiger partial charge in [0.15, 0.2) is 5.69 Å². The molecule has 0 aliphatic carbocycles. The Hall–Kier alpha value is -1.32. The number of carbonyl (C=O) groups excluding carboxylic acids is 1. The Morgan fingerprint density at radius 2 is 2.62 bits per heavy atom. The van der Waals surface area contributed by atoms with Gasteiger partial charge in [0, 0.05) is 19.2 Å². The number of aromatic nitrogens is 1. The van der Waals surface area contributed by atoms with Crippen molar-refractivity contribution < 1.29 is 9.32 Å². The summed E-state index contributed by atoms with van der Waals surface area (Å²) >= 11 is 0. The Bertz CT molecular complexity index is 295. The third-order valence-corrected chi connectivity index (χ3v) is 2.37. The Labute approximate surface area is 76.5 Å². The molecule has 4 heteroatoms. The molecule has 2 rings (SSSR count). The lowest BCUT2D eigenvalue weighted by molar-refractivity contribution is 0.0778. The van der Waals surface area contributed by atoms with E-state index in [1.54, 1.807) is 6.07 Å². The van der Waals surface area contributed by atoms with E-state index < -0.39 is 0 Å². The summed E-state index contributed by atoms with van der Waals surface area (Å²) in [6, 6.07) is 1.60. The first-order valence-corrected chi connectivity index (χ1v) is 4.47. The summed E-state index contributed by atoms with van der Waals surface area (Å²) in [6.45, 7) is 3.83. The van der Waals surface area contributed by atoms with Crippen LogP contribution in [-0.2, 0) is 0 Å². The second-order valence-electron chi connectivity index (χ2n) is 3.53. The molecule has 0 aromatic carbocycles. The first kappa shape index (κ1) is 8.29. The van der Waals surface area contributed by atoms with E-state index in [0.29, 0.717) is 11.6 Å². The monoisotopic (exact) mass is 180 g/mol. The normalized spacial score (nSPS) is 22.2. The molecular weight excluding hydrogens is 168 g/mol. The van der Waals surface area contributed by atoms with E-state index >= 15 is 0 Å². The maximum Gasteiger partial charge on any atom is 0.276 e. The van der Waals surface area contributed by atoms with Gasteiger partial charge in [-0.05, 0) is 12.3 Å². The van der Waals surface area contributed by atoms with Gasteiger partial charge in [-0.15, -0.1) is 0 Å². The van der Waals surface area contributed by atoms with E-state index in [0.717, 1.165) is 19.5 Å². The molecule has 1 fully saturated rings. The minimum atomic E-state index is -0.0156. The fourth-order valence-corrected chi connectivity index (χ4v) is 1.60. The highest BCUT2D eigenvalue weighted by Crippen LogP contribution is 2.16. The number of amides is 1. The standard InChI is InChI=1S/C9H12N2O2/c1-7-2-4-11(6-7)9(12)8-3-5-13-10-8/h3,5,7H,2,4,6H2,1H3. The molecule has 2 heterocycles. The minimum Gasteiger partial charge on any atom is -0.364 e. The van der Waals surface area contributed by atoms with Gasteiger partial charge in [0.1, 0.15) is 6.26 Å². The molecule has 1 aromatic rings. The second-order valence-corrected chi connectivity index (χ2v) is 3.53. The quantitative estimate of drug-likeness (QED) is 0.651. The predicted octanol–water partition coefficient (Wildman–Crippen LogP) is 1.16. The Morgan fingerprint density at radius 1 is 1.77 bits per heavy atom. The van der Waals surface area contributed by atoms with Crippen LogP contribution in [-0.4, -0.2) is 29.1 Å². The maximum atomic E-state index is 11.7. The lowest BCUT2D eigenvalue weighted by Gasteiger charge is -2.13. The van der Waals surface area contributed by atoms with Gasteiger partial charge in [0.05, 0.1) is 0 Å². The smallest absolute Gasteiger partial charge is 0.276 e. The van der Waals surface area contributed by atoms with Crippen LogP contribution in [0.1, 0.15) is 23.8 Å². The third kappa shape index (κ3) is 1.56. The summed E-state index contributed by atoms with van der Waals surface area (Å²) in [5.74, 6) is 0.592. The van der Waals surface area contributed by atoms with Gasteiger partial charge in [-0.1, -0.05) is 12.1 Å². The van der Waals surface area contributed by atoms with Gasteiger partial charge in [-0.2, -0.15) is 0 Å². The van der Waals surface area contributed by atoms with Crippen LogP contribution in [0.5, 0.6) is 0 Å². The fraction of sp³-hybridized carbons (Fsp3) is 0.556. The van der Waals surface area contributed by atoms with E-state index in [1.165, 1.54) is 6.26 Å². The zero-order valence-electron chi connectivity index (χ0n) is 7.56. The van der Waals surface area contributed by atoms with Crippen molar-refractivity contribution in [2.24, 2.45) is 5.92 Å². The van der Waals surface area contributed by atoms with E-state index in [-0.39, 0.29) is 5.91 Å². The predicted molar refractivity (Wildman–Crippen MR) is 46.2 cm³/mol. The largest absolute Gasteiger partial charge is 0.364 e. The Kier molecular flexibility index (Phi) is 2.04. The first-order chi connectivity index (χ1) is 6.27. The summed E-state index contributed by atoms with van der Waals surface area (Å²) in [7, 11) is 0. The molecule has 4 nitrogen and oxygen atoms in total. The van der Waals surface area contributed by atoms with Gasteiger partial charge in [0.25, 0.3) is 5.91 Å². The lowest BCUT2D eigenvalue weighted by atomic mass is 10.2. The van der Waals surface area contributed by atoms with Gasteiger partial charge in [-0.3, -0.25) is 4.79 Å². The zero-order valence-corrected chi connectivity index (χ0v) is 7.56. The van der Waals surface area contributed by atoms with Crippen LogP contribution in [0.4, 0.5) is 0 Å². The summed E-state index contributed by atoms with van der Waals surface area (Å²) in [4.78, 5) is 13.5. The van der Waals surface area contributed by atoms with Gasteiger partial charge in [-0.25, -0.2) is 0 Å². The van der Waals surface area contributed by atoms with Crippen molar-refractivity contribution >= 4 is 5.91 Å². The molecule has 0 radical (unpaired) electrons. The Balaban J connectivity index is 2.06. The highest BCUT2D eigenvalue weighted by molar-refractivity contribution is 5.92. The maximum absolute atomic E-state index is 11.7. The molecule has 1 aliphatic heterocycles. The molecule has 1 aromatic heterocycles. The number of rotatable bonds is 1. The molecule has 1 saturated heterocycles. The van der Waals surface area contributed by atoms with Crippen LogP contribution in [0.15, 0.2) is 16.9 Å². The Morgan fingerprint density at radius 3 is 3.15 bits per heavy atom. The van der Waals surface area contributed by atoms with E-state index in [9.17, 15) is 4.79 Å². The number of nitrogens with zero attached hydrogens (tertiary/aromatic N) is 2. The summed E-state index contributed by atoms with van der Waals surface area (Å²) in [5, 5.41) is 3.62. The molecule has 1 aliphatic rings. The average molecular weight is 180 g/mol. The molecule has 0 bridgehead atoms. The third-order valence-electron chi connectivity index (χ3n) is 2.37. The number of likely N-dealkylation sites (tertiary alicyclic amines) is 1. The molecule has 1 atom stereocenters. The molecule has 0 N–H and O–H groups in total. The van der Waals surface area contributed by atoms with Crippen LogP contribution < -0.4 is 0 Å². The average Bonchev–Trinajstić information content (AvgIpc) is 2.72. The van der Waals surface area contributed by atoms with Gasteiger partial charge in [0.2, 0.25) is 0 Å². The van der Waals surface area contributed by atoms with Crippen molar-refractivity contribution in [3.63, 3.8) is 0 Å². The van der Waals surface area contributed by atoms with Crippen molar-refractivity contribution in [1.29, 1.82) is 0 Å². The number of hydrogen-bond donors (Lipinski definition) is 0. The van der Waals surface area contributed by atoms with Crippen molar-refractivity contribution in [3.05, 3.63) is 18.0 Å². The van der Waals surface area contributed by atoms with E-state index in [4.69, 9.17) is 0 Å². The summed E-state index contributed by atoms with van der Waals surface area (Å²) < 4.78 is 4.62. The van der Waals surface area contributed by atoms with Crippen molar-refractivity contribution in [2.75, 3.05) is 13.1 Å². The minimum absolute atomic E-state index is 0.0156. The SMILES string of the molecule is CC1CCN(C(=O)c2ccon2)C1. The fourth-order valence-electron chi connectivity index (χ4n) is 1.60. The number of hydrogen-bond acceptors (Lipinski definition) is 3. The topological polar surface area (TPSA) is 46.3 Å². The van der Waals surface area contributed by atoms with Crippen molar-refractivity contribution in [3.8, 4) is 0 Å². The molecule has 1 amide bonds. The van der Waals surface area contributed by atoms with Crippen LogP contribution in [0.2, 0.25) is 0 Å². The van der Waals surface area contributed by atoms with Gasteiger partial charge >= 0.3 is 0 Å². The number of carbonyl (C=O) groups is 1. The lowest BCUT2D eigenvalue weighted by Crippen LogP contribution is -2.28. The van der Waals surface area contributed by atoms with Crippen LogP contribution in [0, 0.1) is 5.92 Å². The van der Waals surface area contributed by atoms with E-state index in [1.807, 2.05) is 4.90 Å². The molecule has 13 heavy (non-hydrogen) atoms. The molecule has 0 saturated carbocycles. The molecule has 70 valence electrons. The van der Waals surface area contributed by atoms with Crippen molar-refractivity contribution in [2.45, 2.75) is 13.3 Å². The zero-order chi connectivity index (χ0) is 9.26. The van der Waals surface area contributed by atoms with E-state index in [2.05, 4.69) is 16.6 Å². The molecule has 1 unspecified atom stereocenters. The van der Waals surface area contributed by atoms with Crippen LogP contribution in [0.3, 0.4) is 0 Å². The highest BCUT2D eigenvalue weighted by atomic mass is 16.5. The second kappa shape index (κ2) is 3.20. The van der Waals surface area contributed by atoms with Crippen molar-refractivity contribution in [1.82, 2.24) is 10.1 Å². The summed E-state index contributed by atoms with van der Waals surface area (Å²) in [6.07, 6.45) is 2.51. The summed E-state index contributed by atoms with van der Waals surface area (Å²) in [5.41, 5.74) is 0.411. The first-order valence-electron chi connectivity index (χ1n) is 4.47. The molecule has 0 spiro atoms. The van der Waals surface area contributed by atoms with Crippen LogP contribution in [0.25, 0.3) is 0 Å². The highest BCUT2D eigenvalue weighted by Gasteiger charge is 2.25. The van der Waals surface area contributed by atoms with Crippen LogP contribution >= 0.6 is 0 Å².